The number of unbranched alkanes of at least 4 members (excludes halogenated alkanes) is 14. The summed E-state index contributed by atoms with van der Waals surface area (Å²) in [4.78, 5) is 22.2. The molecule has 0 rings (SSSR count). The lowest BCUT2D eigenvalue weighted by Crippen LogP contribution is -2.28. The van der Waals surface area contributed by atoms with E-state index in [0.717, 1.165) is 64.2 Å². The lowest BCUT2D eigenvalue weighted by molar-refractivity contribution is -0.154. The summed E-state index contributed by atoms with van der Waals surface area (Å²) in [5.74, 6) is -0.347. The number of hydrogen-bond donors (Lipinski definition) is 2. The van der Waals surface area contributed by atoms with Crippen LogP contribution in [0.15, 0.2) is 24.3 Å². The second-order valence-corrected chi connectivity index (χ2v) is 12.1. The molecule has 41 heavy (non-hydrogen) atoms. The van der Waals surface area contributed by atoms with Gasteiger partial charge in [0.2, 0.25) is 0 Å². The molecule has 8 nitrogen and oxygen atoms in total. The lowest BCUT2D eigenvalue weighted by atomic mass is 10.1. The Bertz CT molecular complexity index is 687. The Morgan fingerprint density at radius 2 is 1.34 bits per heavy atom. The summed E-state index contributed by atoms with van der Waals surface area (Å²) in [6.07, 6.45) is 29.0. The molecule has 0 radical (unpaired) electrons. The Morgan fingerprint density at radius 1 is 0.732 bits per heavy atom. The molecule has 0 aliphatic heterocycles. The first kappa shape index (κ1) is 40.0. The van der Waals surface area contributed by atoms with Crippen LogP contribution in [0.5, 0.6) is 0 Å². The van der Waals surface area contributed by atoms with Crippen LogP contribution in [-0.4, -0.2) is 49.9 Å². The molecular weight excluding hydrogens is 541 g/mol. The van der Waals surface area contributed by atoms with Crippen LogP contribution in [-0.2, 0) is 27.9 Å². The van der Waals surface area contributed by atoms with Gasteiger partial charge in [0.15, 0.2) is 0 Å². The maximum absolute atomic E-state index is 12.4. The molecule has 9 heteroatoms. The highest BCUT2D eigenvalue weighted by Gasteiger charge is 2.25. The highest BCUT2D eigenvalue weighted by atomic mass is 31.2. The highest BCUT2D eigenvalue weighted by molar-refractivity contribution is 7.47. The van der Waals surface area contributed by atoms with Crippen LogP contribution >= 0.6 is 7.82 Å². The Labute approximate surface area is 251 Å². The van der Waals surface area contributed by atoms with Crippen LogP contribution in [0.25, 0.3) is 0 Å². The molecule has 0 bridgehead atoms. The van der Waals surface area contributed by atoms with Gasteiger partial charge >= 0.3 is 13.8 Å². The second kappa shape index (κ2) is 30.4. The predicted molar refractivity (Wildman–Crippen MR) is 169 cm³/mol. The number of nitrogens with two attached hydrogens (primary N) is 1. The minimum atomic E-state index is -4.26. The van der Waals surface area contributed by atoms with Gasteiger partial charge in [-0.1, -0.05) is 115 Å². The molecule has 242 valence electrons. The maximum Gasteiger partial charge on any atom is 0.472 e. The van der Waals surface area contributed by atoms with E-state index < -0.39 is 13.9 Å². The number of phosphoric acid groups is 1. The third-order valence-corrected chi connectivity index (χ3v) is 7.59. The van der Waals surface area contributed by atoms with Crippen molar-refractivity contribution in [1.29, 1.82) is 0 Å². The van der Waals surface area contributed by atoms with Crippen LogP contribution in [0.4, 0.5) is 0 Å². The number of hydrogen-bond acceptors (Lipinski definition) is 7. The molecule has 2 atom stereocenters. The van der Waals surface area contributed by atoms with E-state index in [0.29, 0.717) is 13.0 Å². The lowest BCUT2D eigenvalue weighted by Gasteiger charge is -2.20. The number of rotatable bonds is 31. The standard InChI is InChI=1S/C32H62NO7P/c1-3-5-7-9-11-13-14-15-16-17-19-21-23-25-32(34)40-31(30-39-41(35,36)38-28-26-33)29-37-27-24-22-20-18-12-10-8-6-4-2/h7,9,13-14,31H,3-6,8,10-12,15-30,33H2,1-2H3,(H,35,36)/b9-7-,14-13-. The van der Waals surface area contributed by atoms with Gasteiger partial charge in [0.1, 0.15) is 6.10 Å². The van der Waals surface area contributed by atoms with E-state index in [1.54, 1.807) is 0 Å². The molecule has 3 N–H and O–H groups in total. The normalized spacial score (nSPS) is 14.1. The van der Waals surface area contributed by atoms with Gasteiger partial charge in [0.25, 0.3) is 0 Å². The molecule has 0 amide bonds. The summed E-state index contributed by atoms with van der Waals surface area (Å²) in [7, 11) is -4.26. The van der Waals surface area contributed by atoms with Crippen molar-refractivity contribution < 1.29 is 32.8 Å². The van der Waals surface area contributed by atoms with Gasteiger partial charge in [-0.2, -0.15) is 0 Å². The van der Waals surface area contributed by atoms with Gasteiger partial charge in [0.05, 0.1) is 19.8 Å². The van der Waals surface area contributed by atoms with Crippen molar-refractivity contribution in [2.24, 2.45) is 5.73 Å². The SMILES string of the molecule is CCC/C=C\C/C=C\CCCCCCCC(=O)OC(COCCCCCCCCCCC)COP(=O)(O)OCCN. The smallest absolute Gasteiger partial charge is 0.457 e. The fourth-order valence-corrected chi connectivity index (χ4v) is 4.97. The average Bonchev–Trinajstić information content (AvgIpc) is 2.96. The van der Waals surface area contributed by atoms with Crippen LogP contribution in [0, 0.1) is 0 Å². The van der Waals surface area contributed by atoms with Gasteiger partial charge in [0, 0.05) is 19.6 Å². The molecule has 0 aliphatic rings. The summed E-state index contributed by atoms with van der Waals surface area (Å²) in [5.41, 5.74) is 5.32. The Balaban J connectivity index is 4.18. The Morgan fingerprint density at radius 3 is 2.00 bits per heavy atom. The summed E-state index contributed by atoms with van der Waals surface area (Å²) >= 11 is 0. The minimum absolute atomic E-state index is 0.0972. The van der Waals surface area contributed by atoms with E-state index in [1.807, 2.05) is 0 Å². The third-order valence-electron chi connectivity index (χ3n) is 6.60. The van der Waals surface area contributed by atoms with Gasteiger partial charge in [-0.3, -0.25) is 13.8 Å². The summed E-state index contributed by atoms with van der Waals surface area (Å²) < 4.78 is 33.1. The number of ether oxygens (including phenoxy) is 2. The Kier molecular flexibility index (Phi) is 29.7. The summed E-state index contributed by atoms with van der Waals surface area (Å²) in [5, 5.41) is 0. The van der Waals surface area contributed by atoms with Crippen LogP contribution in [0.1, 0.15) is 136 Å². The molecule has 0 saturated heterocycles. The molecule has 0 aromatic rings. The number of esters is 1. The first-order valence-corrected chi connectivity index (χ1v) is 17.8. The van der Waals surface area contributed by atoms with Gasteiger partial charge in [-0.15, -0.1) is 0 Å². The van der Waals surface area contributed by atoms with Crippen LogP contribution in [0.2, 0.25) is 0 Å². The van der Waals surface area contributed by atoms with Crippen molar-refractivity contribution in [2.45, 2.75) is 142 Å². The first-order chi connectivity index (χ1) is 19.9. The molecule has 2 unspecified atom stereocenters. The van der Waals surface area contributed by atoms with Crippen molar-refractivity contribution in [1.82, 2.24) is 0 Å². The average molecular weight is 604 g/mol. The zero-order chi connectivity index (χ0) is 30.3. The van der Waals surface area contributed by atoms with E-state index in [9.17, 15) is 14.3 Å². The zero-order valence-corrected chi connectivity index (χ0v) is 27.2. The number of allylic oxidation sites excluding steroid dienone is 4. The quantitative estimate of drug-likeness (QED) is 0.0350. The van der Waals surface area contributed by atoms with E-state index in [4.69, 9.17) is 24.3 Å². The predicted octanol–water partition coefficient (Wildman–Crippen LogP) is 8.57. The maximum atomic E-state index is 12.4. The third kappa shape index (κ3) is 30.2. The second-order valence-electron chi connectivity index (χ2n) is 10.7. The van der Waals surface area contributed by atoms with E-state index in [-0.39, 0.29) is 32.3 Å². The molecular formula is C32H62NO7P. The van der Waals surface area contributed by atoms with Crippen molar-refractivity contribution in [3.63, 3.8) is 0 Å². The Hall–Kier alpha value is -1.02. The fourth-order valence-electron chi connectivity index (χ4n) is 4.21. The van der Waals surface area contributed by atoms with Crippen LogP contribution in [0.3, 0.4) is 0 Å². The molecule has 0 aromatic carbocycles. The highest BCUT2D eigenvalue weighted by Crippen LogP contribution is 2.43. The fraction of sp³-hybridized carbons (Fsp3) is 0.844. The first-order valence-electron chi connectivity index (χ1n) is 16.3. The molecule has 0 fully saturated rings. The minimum Gasteiger partial charge on any atom is -0.457 e. The van der Waals surface area contributed by atoms with Gasteiger partial charge < -0.3 is 20.1 Å². The van der Waals surface area contributed by atoms with Crippen LogP contribution < -0.4 is 5.73 Å². The van der Waals surface area contributed by atoms with E-state index in [2.05, 4.69) is 38.2 Å². The topological polar surface area (TPSA) is 117 Å². The molecule has 0 spiro atoms. The molecule has 0 saturated carbocycles. The van der Waals surface area contributed by atoms with E-state index >= 15 is 0 Å². The van der Waals surface area contributed by atoms with Crippen molar-refractivity contribution in [2.75, 3.05) is 33.0 Å². The summed E-state index contributed by atoms with van der Waals surface area (Å²) in [6.45, 7) is 4.81. The monoisotopic (exact) mass is 603 g/mol. The van der Waals surface area contributed by atoms with Crippen molar-refractivity contribution in [3.8, 4) is 0 Å². The van der Waals surface area contributed by atoms with Gasteiger partial charge in [-0.05, 0) is 38.5 Å². The molecule has 0 aromatic heterocycles. The molecule has 0 aliphatic carbocycles. The van der Waals surface area contributed by atoms with E-state index in [1.165, 1.54) is 51.4 Å². The number of phosphoric ester groups is 1. The largest absolute Gasteiger partial charge is 0.472 e. The van der Waals surface area contributed by atoms with Crippen molar-refractivity contribution in [3.05, 3.63) is 24.3 Å². The number of carbonyl (C=O) groups excluding carboxylic acids is 1. The zero-order valence-electron chi connectivity index (χ0n) is 26.3. The molecule has 0 heterocycles. The summed E-state index contributed by atoms with van der Waals surface area (Å²) in [6, 6.07) is 0. The van der Waals surface area contributed by atoms with Gasteiger partial charge in [-0.25, -0.2) is 4.57 Å². The number of carbonyl (C=O) groups is 1. The van der Waals surface area contributed by atoms with Crippen molar-refractivity contribution >= 4 is 13.8 Å².